The molecule has 0 aliphatic rings. The number of hydrazine groups is 1. The maximum Gasteiger partial charge on any atom is 0.276 e. The Morgan fingerprint density at radius 2 is 2.05 bits per heavy atom. The van der Waals surface area contributed by atoms with Crippen LogP contribution in [0.5, 0.6) is 5.75 Å². The van der Waals surface area contributed by atoms with E-state index in [1.165, 1.54) is 0 Å². The highest BCUT2D eigenvalue weighted by molar-refractivity contribution is 5.85. The smallest absolute Gasteiger partial charge is 0.276 e. The lowest BCUT2D eigenvalue weighted by Gasteiger charge is -2.21. The van der Waals surface area contributed by atoms with E-state index >= 15 is 0 Å². The average molecular weight is 292 g/mol. The van der Waals surface area contributed by atoms with Gasteiger partial charge in [-0.05, 0) is 18.6 Å². The van der Waals surface area contributed by atoms with Crippen LogP contribution in [0.4, 0.5) is 0 Å². The molecular formula is C15H22N3O3. The molecule has 21 heavy (non-hydrogen) atoms. The maximum atomic E-state index is 11.8. The lowest BCUT2D eigenvalue weighted by Crippen LogP contribution is -2.50. The van der Waals surface area contributed by atoms with Crippen LogP contribution < -0.4 is 15.9 Å². The second-order valence-electron chi connectivity index (χ2n) is 4.65. The van der Waals surface area contributed by atoms with Crippen molar-refractivity contribution in [3.8, 4) is 5.75 Å². The summed E-state index contributed by atoms with van der Waals surface area (Å²) in [5.41, 5.74) is 8.07. The number of hydrogen-bond donors (Lipinski definition) is 2. The highest BCUT2D eigenvalue weighted by Crippen LogP contribution is 2.07. The van der Waals surface area contributed by atoms with Gasteiger partial charge in [0, 0.05) is 0 Å². The van der Waals surface area contributed by atoms with Gasteiger partial charge in [0.15, 0.2) is 6.61 Å². The number of nitrogens with two attached hydrogens (primary N) is 1. The Bertz CT molecular complexity index is 451. The van der Waals surface area contributed by atoms with Crippen LogP contribution >= 0.6 is 0 Å². The third kappa shape index (κ3) is 6.27. The van der Waals surface area contributed by atoms with E-state index in [1.54, 1.807) is 24.3 Å². The number of ether oxygens (including phenoxy) is 1. The van der Waals surface area contributed by atoms with Crippen LogP contribution in [0, 0.1) is 7.05 Å². The first-order chi connectivity index (χ1) is 10.0. The average Bonchev–Trinajstić information content (AvgIpc) is 2.50. The highest BCUT2D eigenvalue weighted by Gasteiger charge is 2.19. The van der Waals surface area contributed by atoms with Gasteiger partial charge in [-0.2, -0.15) is 0 Å². The van der Waals surface area contributed by atoms with Crippen LogP contribution in [-0.2, 0) is 9.59 Å². The Morgan fingerprint density at radius 3 is 2.67 bits per heavy atom. The number of nitrogens with one attached hydrogen (secondary N) is 1. The molecule has 115 valence electrons. The number of amides is 2. The fraction of sp³-hybridized carbons (Fsp3) is 0.400. The molecule has 0 spiro atoms. The number of unbranched alkanes of at least 4 members (excludes halogenated alkanes) is 1. The quantitative estimate of drug-likeness (QED) is 0.740. The third-order valence-electron chi connectivity index (χ3n) is 2.82. The number of benzene rings is 1. The lowest BCUT2D eigenvalue weighted by atomic mass is 10.1. The molecule has 3 N–H and O–H groups in total. The molecular weight excluding hydrogens is 270 g/mol. The summed E-state index contributed by atoms with van der Waals surface area (Å²) in [4.78, 5) is 23.5. The number of carbonyl (C=O) groups excluding carboxylic acids is 2. The van der Waals surface area contributed by atoms with Crippen molar-refractivity contribution in [2.24, 2.45) is 5.73 Å². The summed E-state index contributed by atoms with van der Waals surface area (Å²) in [6.07, 6.45) is 2.37. The minimum absolute atomic E-state index is 0.201. The van der Waals surface area contributed by atoms with Crippen LogP contribution in [-0.4, -0.2) is 29.5 Å². The molecule has 0 saturated carbocycles. The number of hydrogen-bond acceptors (Lipinski definition) is 4. The molecule has 6 nitrogen and oxygen atoms in total. The van der Waals surface area contributed by atoms with Gasteiger partial charge in [-0.15, -0.1) is 0 Å². The summed E-state index contributed by atoms with van der Waals surface area (Å²) in [7, 11) is 3.48. The topological polar surface area (TPSA) is 84.7 Å². The van der Waals surface area contributed by atoms with E-state index in [4.69, 9.17) is 10.5 Å². The first kappa shape index (κ1) is 17.0. The van der Waals surface area contributed by atoms with Gasteiger partial charge in [-0.1, -0.05) is 38.0 Å². The van der Waals surface area contributed by atoms with Gasteiger partial charge in [-0.3, -0.25) is 20.0 Å². The summed E-state index contributed by atoms with van der Waals surface area (Å²) in [6.45, 7) is 1.81. The van der Waals surface area contributed by atoms with E-state index in [-0.39, 0.29) is 6.61 Å². The van der Waals surface area contributed by atoms with Gasteiger partial charge in [0.1, 0.15) is 5.75 Å². The third-order valence-corrected chi connectivity index (χ3v) is 2.82. The highest BCUT2D eigenvalue weighted by atomic mass is 16.5. The molecule has 0 heterocycles. The zero-order valence-corrected chi connectivity index (χ0v) is 12.2. The molecule has 0 saturated heterocycles. The first-order valence-electron chi connectivity index (χ1n) is 6.92. The summed E-state index contributed by atoms with van der Waals surface area (Å²) >= 11 is 0. The molecule has 1 aromatic carbocycles. The van der Waals surface area contributed by atoms with Crippen molar-refractivity contribution in [2.75, 3.05) is 6.61 Å². The van der Waals surface area contributed by atoms with Crippen molar-refractivity contribution in [1.82, 2.24) is 10.4 Å². The van der Waals surface area contributed by atoms with E-state index in [2.05, 4.69) is 12.5 Å². The molecule has 0 aliphatic carbocycles. The van der Waals surface area contributed by atoms with Crippen LogP contribution in [0.25, 0.3) is 0 Å². The molecule has 0 aromatic heterocycles. The first-order valence-corrected chi connectivity index (χ1v) is 6.92. The van der Waals surface area contributed by atoms with Gasteiger partial charge < -0.3 is 10.5 Å². The predicted molar refractivity (Wildman–Crippen MR) is 79.8 cm³/mol. The van der Waals surface area contributed by atoms with Crippen molar-refractivity contribution >= 4 is 11.8 Å². The van der Waals surface area contributed by atoms with E-state index in [9.17, 15) is 9.59 Å². The summed E-state index contributed by atoms with van der Waals surface area (Å²) in [5, 5.41) is 0.872. The Morgan fingerprint density at radius 1 is 1.38 bits per heavy atom. The minimum Gasteiger partial charge on any atom is -0.484 e. The van der Waals surface area contributed by atoms with Crippen molar-refractivity contribution in [1.29, 1.82) is 0 Å². The second kappa shape index (κ2) is 8.97. The Balaban J connectivity index is 2.34. The molecule has 1 aromatic rings. The van der Waals surface area contributed by atoms with Gasteiger partial charge in [0.2, 0.25) is 0 Å². The van der Waals surface area contributed by atoms with E-state index < -0.39 is 17.9 Å². The van der Waals surface area contributed by atoms with E-state index in [0.717, 1.165) is 17.9 Å². The Kier molecular flexibility index (Phi) is 7.25. The molecule has 6 heteroatoms. The number of carbonyl (C=O) groups is 2. The predicted octanol–water partition coefficient (Wildman–Crippen LogP) is 1.23. The molecule has 1 radical (unpaired) electrons. The van der Waals surface area contributed by atoms with Crippen molar-refractivity contribution in [3.05, 3.63) is 37.4 Å². The van der Waals surface area contributed by atoms with Crippen LogP contribution in [0.15, 0.2) is 30.3 Å². The molecule has 2 amide bonds. The zero-order valence-electron chi connectivity index (χ0n) is 12.2. The van der Waals surface area contributed by atoms with Crippen LogP contribution in [0.3, 0.4) is 0 Å². The molecule has 1 atom stereocenters. The van der Waals surface area contributed by atoms with Gasteiger partial charge in [0.25, 0.3) is 11.8 Å². The minimum atomic E-state index is -0.655. The van der Waals surface area contributed by atoms with Gasteiger partial charge in [-0.25, -0.2) is 0 Å². The van der Waals surface area contributed by atoms with Crippen molar-refractivity contribution in [3.63, 3.8) is 0 Å². The summed E-state index contributed by atoms with van der Waals surface area (Å²) in [6, 6.07) is 8.27. The van der Waals surface area contributed by atoms with Gasteiger partial charge >= 0.3 is 0 Å². The normalized spacial score (nSPS) is 11.6. The van der Waals surface area contributed by atoms with Gasteiger partial charge in [0.05, 0.1) is 13.1 Å². The zero-order chi connectivity index (χ0) is 15.7. The number of para-hydroxylation sites is 1. The summed E-state index contributed by atoms with van der Waals surface area (Å²) < 4.78 is 5.26. The van der Waals surface area contributed by atoms with Crippen LogP contribution in [0.2, 0.25) is 0 Å². The van der Waals surface area contributed by atoms with Crippen molar-refractivity contribution in [2.45, 2.75) is 32.2 Å². The molecule has 0 bridgehead atoms. The fourth-order valence-electron chi connectivity index (χ4n) is 1.65. The molecule has 0 fully saturated rings. The van der Waals surface area contributed by atoms with Crippen LogP contribution in [0.1, 0.15) is 26.2 Å². The standard InChI is InChI=1S/C15H22N3O3/c1-3-4-10-13(16)15(20)18(2)17-14(19)11-21-12-8-6-5-7-9-12/h5-9,13H,2-4,10-11,16H2,1H3,(H,17,19)/t13-/m0/s1. The SMILES string of the molecule is [CH2]N(NC(=O)COc1ccccc1)C(=O)[C@@H](N)CCCC. The molecule has 0 unspecified atom stereocenters. The van der Waals surface area contributed by atoms with Crippen molar-refractivity contribution < 1.29 is 14.3 Å². The Hall–Kier alpha value is -2.08. The monoisotopic (exact) mass is 292 g/mol. The largest absolute Gasteiger partial charge is 0.484 e. The number of rotatable bonds is 7. The molecule has 0 aliphatic heterocycles. The van der Waals surface area contributed by atoms with E-state index in [0.29, 0.717) is 12.2 Å². The Labute approximate surface area is 125 Å². The number of nitrogens with zero attached hydrogens (tertiary/aromatic N) is 1. The second-order valence-corrected chi connectivity index (χ2v) is 4.65. The fourth-order valence-corrected chi connectivity index (χ4v) is 1.65. The molecule has 1 rings (SSSR count). The van der Waals surface area contributed by atoms with E-state index in [1.807, 2.05) is 13.0 Å². The summed E-state index contributed by atoms with van der Waals surface area (Å²) in [5.74, 6) is -0.310. The lowest BCUT2D eigenvalue weighted by molar-refractivity contribution is -0.140. The maximum absolute atomic E-state index is 11.8.